The number of hydrogen-bond donors (Lipinski definition) is 3. The molecule has 12 heavy (non-hydrogen) atoms. The van der Waals surface area contributed by atoms with Gasteiger partial charge in [-0.05, 0) is 0 Å². The Morgan fingerprint density at radius 1 is 1.42 bits per heavy atom. The van der Waals surface area contributed by atoms with Crippen LogP contribution in [0.25, 0.3) is 0 Å². The molecule has 66 valence electrons. The van der Waals surface area contributed by atoms with E-state index in [2.05, 4.69) is 21.2 Å². The van der Waals surface area contributed by atoms with Crippen LogP contribution in [0.3, 0.4) is 0 Å². The van der Waals surface area contributed by atoms with Crippen LogP contribution in [0, 0.1) is 0 Å². The number of hydroxylamine groups is 1. The molecule has 3 heterocycles. The average molecular weight is 169 g/mol. The Kier molecular flexibility index (Phi) is 1.23. The first-order valence-corrected chi connectivity index (χ1v) is 4.10. The number of rotatable bonds is 0. The maximum absolute atomic E-state index is 5.25. The minimum atomic E-state index is 0.555. The largest absolute Gasteiger partial charge is 0.342 e. The van der Waals surface area contributed by atoms with Gasteiger partial charge >= 0.3 is 0 Å². The Morgan fingerprint density at radius 2 is 2.42 bits per heavy atom. The third-order valence-electron chi connectivity index (χ3n) is 2.25. The molecule has 0 aromatic heterocycles. The van der Waals surface area contributed by atoms with E-state index in [0.29, 0.717) is 6.73 Å². The van der Waals surface area contributed by atoms with Crippen molar-refractivity contribution in [3.63, 3.8) is 0 Å². The first-order chi connectivity index (χ1) is 5.95. The summed E-state index contributed by atoms with van der Waals surface area (Å²) in [5.74, 6) is 1.04. The molecule has 0 amide bonds. The first-order valence-electron chi connectivity index (χ1n) is 4.10. The van der Waals surface area contributed by atoms with Gasteiger partial charge in [-0.2, -0.15) is 0 Å². The van der Waals surface area contributed by atoms with Crippen LogP contribution in [0.5, 0.6) is 0 Å². The highest BCUT2D eigenvalue weighted by molar-refractivity contribution is 5.16. The zero-order chi connectivity index (χ0) is 7.97. The lowest BCUT2D eigenvalue weighted by atomic mass is 10.3. The van der Waals surface area contributed by atoms with Crippen LogP contribution in [0.1, 0.15) is 0 Å². The highest BCUT2D eigenvalue weighted by Crippen LogP contribution is 2.21. The summed E-state index contributed by atoms with van der Waals surface area (Å²) in [6, 6.07) is 0. The van der Waals surface area contributed by atoms with Crippen molar-refractivity contribution < 1.29 is 4.84 Å². The summed E-state index contributed by atoms with van der Waals surface area (Å²) in [4.78, 5) is 5.25. The zero-order valence-corrected chi connectivity index (χ0v) is 6.63. The van der Waals surface area contributed by atoms with E-state index < -0.39 is 0 Å². The maximum atomic E-state index is 5.25. The second-order valence-corrected chi connectivity index (χ2v) is 2.97. The van der Waals surface area contributed by atoms with Gasteiger partial charge in [-0.1, -0.05) is 0 Å². The molecule has 0 spiro atoms. The van der Waals surface area contributed by atoms with Gasteiger partial charge in [-0.3, -0.25) is 5.01 Å². The Morgan fingerprint density at radius 3 is 3.42 bits per heavy atom. The second kappa shape index (κ2) is 2.25. The SMILES string of the molecule is C1CN2NN3OCNC3=C2CN1. The number of nitrogens with zero attached hydrogens (tertiary/aromatic N) is 2. The molecule has 6 nitrogen and oxygen atoms in total. The summed E-state index contributed by atoms with van der Waals surface area (Å²) in [5, 5.41) is 10.2. The van der Waals surface area contributed by atoms with Crippen molar-refractivity contribution in [2.45, 2.75) is 0 Å². The Balaban J connectivity index is 1.94. The summed E-state index contributed by atoms with van der Waals surface area (Å²) in [7, 11) is 0. The van der Waals surface area contributed by atoms with E-state index in [-0.39, 0.29) is 0 Å². The first kappa shape index (κ1) is 6.53. The monoisotopic (exact) mass is 169 g/mol. The lowest BCUT2D eigenvalue weighted by molar-refractivity contribution is -0.157. The van der Waals surface area contributed by atoms with E-state index in [1.54, 1.807) is 5.17 Å². The van der Waals surface area contributed by atoms with Crippen LogP contribution in [0.2, 0.25) is 0 Å². The fraction of sp³-hybridized carbons (Fsp3) is 0.667. The summed E-state index contributed by atoms with van der Waals surface area (Å²) in [6.07, 6.45) is 0. The van der Waals surface area contributed by atoms with E-state index >= 15 is 0 Å². The topological polar surface area (TPSA) is 51.8 Å². The minimum absolute atomic E-state index is 0.555. The predicted octanol–water partition coefficient (Wildman–Crippen LogP) is -1.71. The molecule has 6 heteroatoms. The second-order valence-electron chi connectivity index (χ2n) is 2.97. The molecule has 2 saturated heterocycles. The van der Waals surface area contributed by atoms with Crippen molar-refractivity contribution >= 4 is 0 Å². The molecule has 3 N–H and O–H groups in total. The molecular formula is C6H11N5O. The van der Waals surface area contributed by atoms with Gasteiger partial charge in [0.2, 0.25) is 0 Å². The van der Waals surface area contributed by atoms with E-state index in [1.165, 1.54) is 5.70 Å². The molecule has 0 aromatic rings. The lowest BCUT2D eigenvalue weighted by Crippen LogP contribution is -2.47. The molecule has 0 aromatic carbocycles. The van der Waals surface area contributed by atoms with Gasteiger partial charge in [-0.15, -0.1) is 10.7 Å². The van der Waals surface area contributed by atoms with Gasteiger partial charge in [0.1, 0.15) is 6.73 Å². The van der Waals surface area contributed by atoms with Gasteiger partial charge in [0.15, 0.2) is 5.82 Å². The standard InChI is InChI=1S/C6H11N5O/c1-2-10-5(3-7-1)6-8-4-12-11(6)9-10/h7-9H,1-4H2. The molecule has 3 aliphatic rings. The summed E-state index contributed by atoms with van der Waals surface area (Å²) in [5.41, 5.74) is 4.36. The van der Waals surface area contributed by atoms with Gasteiger partial charge in [-0.25, -0.2) is 4.84 Å². The van der Waals surface area contributed by atoms with Crippen molar-refractivity contribution in [1.82, 2.24) is 26.3 Å². The zero-order valence-electron chi connectivity index (χ0n) is 6.63. The minimum Gasteiger partial charge on any atom is -0.342 e. The third kappa shape index (κ3) is 0.739. The van der Waals surface area contributed by atoms with Gasteiger partial charge < -0.3 is 10.6 Å². The molecule has 0 unspecified atom stereocenters. The van der Waals surface area contributed by atoms with Gasteiger partial charge in [0, 0.05) is 19.6 Å². The summed E-state index contributed by atoms with van der Waals surface area (Å²) >= 11 is 0. The molecule has 3 aliphatic heterocycles. The van der Waals surface area contributed by atoms with Crippen LogP contribution >= 0.6 is 0 Å². The van der Waals surface area contributed by atoms with Crippen LogP contribution in [-0.4, -0.2) is 36.5 Å². The van der Waals surface area contributed by atoms with Gasteiger partial charge in [0.05, 0.1) is 5.70 Å². The fourth-order valence-corrected chi connectivity index (χ4v) is 1.66. The van der Waals surface area contributed by atoms with Crippen molar-refractivity contribution in [1.29, 1.82) is 0 Å². The predicted molar refractivity (Wildman–Crippen MR) is 40.7 cm³/mol. The van der Waals surface area contributed by atoms with E-state index in [9.17, 15) is 0 Å². The van der Waals surface area contributed by atoms with Gasteiger partial charge in [0.25, 0.3) is 0 Å². The van der Waals surface area contributed by atoms with Crippen molar-refractivity contribution in [2.75, 3.05) is 26.4 Å². The molecule has 0 atom stereocenters. The lowest BCUT2D eigenvalue weighted by Gasteiger charge is -2.27. The molecule has 0 aliphatic carbocycles. The van der Waals surface area contributed by atoms with E-state index in [4.69, 9.17) is 4.84 Å². The Hall–Kier alpha value is -0.980. The van der Waals surface area contributed by atoms with Crippen LogP contribution in [0.4, 0.5) is 0 Å². The molecule has 0 saturated carbocycles. The van der Waals surface area contributed by atoms with Crippen molar-refractivity contribution in [3.8, 4) is 0 Å². The Labute approximate surface area is 70.0 Å². The Bertz CT molecular complexity index is 240. The fourth-order valence-electron chi connectivity index (χ4n) is 1.66. The number of hydrazine groups is 2. The van der Waals surface area contributed by atoms with Crippen molar-refractivity contribution in [2.24, 2.45) is 0 Å². The maximum Gasteiger partial charge on any atom is 0.171 e. The van der Waals surface area contributed by atoms with E-state index in [1.807, 2.05) is 0 Å². The quantitative estimate of drug-likeness (QED) is 0.401. The number of fused-ring (bicyclic) bond motifs is 2. The third-order valence-corrected chi connectivity index (χ3v) is 2.25. The molecule has 2 fully saturated rings. The molecule has 0 radical (unpaired) electrons. The van der Waals surface area contributed by atoms with Crippen molar-refractivity contribution in [3.05, 3.63) is 11.5 Å². The molecule has 3 rings (SSSR count). The molecular weight excluding hydrogens is 158 g/mol. The number of nitrogens with one attached hydrogen (secondary N) is 3. The van der Waals surface area contributed by atoms with E-state index in [0.717, 1.165) is 25.5 Å². The summed E-state index contributed by atoms with van der Waals surface area (Å²) in [6.45, 7) is 3.44. The summed E-state index contributed by atoms with van der Waals surface area (Å²) < 4.78 is 0. The smallest absolute Gasteiger partial charge is 0.171 e. The normalized spacial score (nSPS) is 27.3. The average Bonchev–Trinajstić information content (AvgIpc) is 2.62. The number of piperazine rings is 1. The van der Waals surface area contributed by atoms with Crippen LogP contribution < -0.4 is 16.2 Å². The molecule has 0 bridgehead atoms. The number of hydrogen-bond acceptors (Lipinski definition) is 6. The van der Waals surface area contributed by atoms with Crippen LogP contribution in [-0.2, 0) is 4.84 Å². The highest BCUT2D eigenvalue weighted by atomic mass is 16.7. The highest BCUT2D eigenvalue weighted by Gasteiger charge is 2.34. The van der Waals surface area contributed by atoms with Crippen LogP contribution in [0.15, 0.2) is 11.5 Å².